The van der Waals surface area contributed by atoms with Crippen LogP contribution in [0.2, 0.25) is 0 Å². The van der Waals surface area contributed by atoms with Crippen LogP contribution in [0.3, 0.4) is 0 Å². The Hall–Kier alpha value is -0.621. The number of nitro benzene ring substituents is 1. The van der Waals surface area contributed by atoms with Crippen molar-refractivity contribution in [3.8, 4) is 0 Å². The van der Waals surface area contributed by atoms with Gasteiger partial charge in [0.25, 0.3) is 5.69 Å². The fourth-order valence-corrected chi connectivity index (χ4v) is 1.21. The molecule has 80 valence electrons. The predicted molar refractivity (Wildman–Crippen MR) is 63.2 cm³/mol. The molecule has 1 rings (SSSR count). The molecule has 0 saturated heterocycles. The summed E-state index contributed by atoms with van der Waals surface area (Å²) in [5.41, 5.74) is 1.82. The molecule has 1 aromatic rings. The topological polar surface area (TPSA) is 43.1 Å². The normalized spacial score (nSPS) is 10.7. The minimum atomic E-state index is -0.339. The molecule has 0 amide bonds. The quantitative estimate of drug-likeness (QED) is 0.361. The van der Waals surface area contributed by atoms with Crippen molar-refractivity contribution in [3.63, 3.8) is 0 Å². The number of hydrogen-bond donors (Lipinski definition) is 0. The number of quaternary nitrogens is 1. The van der Waals surface area contributed by atoms with E-state index in [4.69, 9.17) is 0 Å². The Kier molecular flexibility index (Phi) is 4.73. The van der Waals surface area contributed by atoms with Crippen molar-refractivity contribution in [1.29, 1.82) is 0 Å². The van der Waals surface area contributed by atoms with Gasteiger partial charge < -0.3 is 0 Å². The van der Waals surface area contributed by atoms with Gasteiger partial charge in [-0.3, -0.25) is 14.6 Å². The first-order valence-corrected chi connectivity index (χ1v) is 4.39. The van der Waals surface area contributed by atoms with Gasteiger partial charge in [0, 0.05) is 29.5 Å². The van der Waals surface area contributed by atoms with E-state index in [1.54, 1.807) is 19.1 Å². The van der Waals surface area contributed by atoms with Gasteiger partial charge in [-0.2, -0.15) is 0 Å². The standard InChI is InChI=1S/C10H15N2O2.Sn/c1-8-5-6-9(12(2,3)4)7-10(8)11(13)14;/h5-7H,1-4H3;/q+1;. The Bertz CT molecular complexity index is 372. The first kappa shape index (κ1) is 14.4. The van der Waals surface area contributed by atoms with Gasteiger partial charge in [-0.1, -0.05) is 0 Å². The molecular weight excluding hydrogens is 299 g/mol. The summed E-state index contributed by atoms with van der Waals surface area (Å²) in [6, 6.07) is 5.34. The Morgan fingerprint density at radius 2 is 1.80 bits per heavy atom. The summed E-state index contributed by atoms with van der Waals surface area (Å²) < 4.78 is 0.584. The molecule has 0 aliphatic carbocycles. The Morgan fingerprint density at radius 3 is 2.20 bits per heavy atom. The van der Waals surface area contributed by atoms with Crippen molar-refractivity contribution >= 4 is 35.3 Å². The molecule has 0 aliphatic rings. The summed E-state index contributed by atoms with van der Waals surface area (Å²) in [5.74, 6) is 0. The summed E-state index contributed by atoms with van der Waals surface area (Å²) in [6.45, 7) is 1.75. The molecule has 0 aromatic heterocycles. The van der Waals surface area contributed by atoms with Crippen molar-refractivity contribution in [1.82, 2.24) is 4.48 Å². The number of rotatable bonds is 2. The van der Waals surface area contributed by atoms with E-state index in [9.17, 15) is 10.1 Å². The molecule has 0 unspecified atom stereocenters. The van der Waals surface area contributed by atoms with Crippen molar-refractivity contribution in [2.75, 3.05) is 21.1 Å². The average Bonchev–Trinajstić information content (AvgIpc) is 2.02. The van der Waals surface area contributed by atoms with Crippen LogP contribution in [0.4, 0.5) is 11.4 Å². The van der Waals surface area contributed by atoms with E-state index < -0.39 is 0 Å². The zero-order valence-electron chi connectivity index (χ0n) is 9.44. The molecule has 0 N–H and O–H groups in total. The third-order valence-corrected chi connectivity index (χ3v) is 2.16. The Labute approximate surface area is 107 Å². The zero-order valence-corrected chi connectivity index (χ0v) is 12.3. The molecule has 0 heterocycles. The Morgan fingerprint density at radius 1 is 1.27 bits per heavy atom. The van der Waals surface area contributed by atoms with E-state index in [1.807, 2.05) is 27.2 Å². The molecule has 0 fully saturated rings. The molecule has 4 radical (unpaired) electrons. The maximum Gasteiger partial charge on any atom is 0.278 e. The van der Waals surface area contributed by atoms with Crippen LogP contribution < -0.4 is 4.48 Å². The SMILES string of the molecule is Cc1ccc([N+](C)(C)C)cc1[N+](=O)[O-].[Sn]. The van der Waals surface area contributed by atoms with Crippen LogP contribution in [0.15, 0.2) is 18.2 Å². The number of aryl methyl sites for hydroxylation is 1. The fourth-order valence-electron chi connectivity index (χ4n) is 1.21. The van der Waals surface area contributed by atoms with Crippen LogP contribution in [-0.2, 0) is 0 Å². The number of nitrogens with zero attached hydrogens (tertiary/aromatic N) is 2. The van der Waals surface area contributed by atoms with Gasteiger partial charge in [0.1, 0.15) is 5.69 Å². The molecule has 15 heavy (non-hydrogen) atoms. The summed E-state index contributed by atoms with van der Waals surface area (Å²) in [4.78, 5) is 10.4. The van der Waals surface area contributed by atoms with Gasteiger partial charge in [0.05, 0.1) is 32.1 Å². The molecule has 0 atom stereocenters. The van der Waals surface area contributed by atoms with Crippen LogP contribution in [0.25, 0.3) is 0 Å². The minimum absolute atomic E-state index is 0. The molecule has 1 aromatic carbocycles. The smallest absolute Gasteiger partial charge is 0.278 e. The minimum Gasteiger partial charge on any atom is -0.298 e. The van der Waals surface area contributed by atoms with Gasteiger partial charge in [0.15, 0.2) is 0 Å². The monoisotopic (exact) mass is 315 g/mol. The zero-order chi connectivity index (χ0) is 10.9. The van der Waals surface area contributed by atoms with Crippen molar-refractivity contribution in [3.05, 3.63) is 33.9 Å². The van der Waals surface area contributed by atoms with Gasteiger partial charge in [0.2, 0.25) is 0 Å². The van der Waals surface area contributed by atoms with Gasteiger partial charge in [-0.05, 0) is 19.1 Å². The summed E-state index contributed by atoms with van der Waals surface area (Å²) in [6.07, 6.45) is 0. The molecule has 5 heteroatoms. The summed E-state index contributed by atoms with van der Waals surface area (Å²) in [7, 11) is 5.94. The first-order chi connectivity index (χ1) is 6.32. The van der Waals surface area contributed by atoms with Gasteiger partial charge in [-0.15, -0.1) is 0 Å². The van der Waals surface area contributed by atoms with Crippen LogP contribution >= 0.6 is 0 Å². The van der Waals surface area contributed by atoms with E-state index >= 15 is 0 Å². The van der Waals surface area contributed by atoms with Gasteiger partial charge >= 0.3 is 0 Å². The maximum atomic E-state index is 10.7. The van der Waals surface area contributed by atoms with E-state index in [-0.39, 0.29) is 34.5 Å². The van der Waals surface area contributed by atoms with Crippen molar-refractivity contribution in [2.24, 2.45) is 0 Å². The summed E-state index contributed by atoms with van der Waals surface area (Å²) >= 11 is 0. The second-order valence-electron chi connectivity index (χ2n) is 4.24. The largest absolute Gasteiger partial charge is 0.298 e. The van der Waals surface area contributed by atoms with E-state index in [2.05, 4.69) is 0 Å². The molecule has 0 aliphatic heterocycles. The maximum absolute atomic E-state index is 10.7. The van der Waals surface area contributed by atoms with E-state index in [1.165, 1.54) is 0 Å². The second kappa shape index (κ2) is 4.94. The van der Waals surface area contributed by atoms with E-state index in [0.29, 0.717) is 10.0 Å². The van der Waals surface area contributed by atoms with Crippen LogP contribution in [0, 0.1) is 17.0 Å². The predicted octanol–water partition coefficient (Wildman–Crippen LogP) is 1.72. The van der Waals surface area contributed by atoms with Crippen molar-refractivity contribution in [2.45, 2.75) is 6.92 Å². The van der Waals surface area contributed by atoms with Crippen LogP contribution in [-0.4, -0.2) is 50.0 Å². The molecule has 0 bridgehead atoms. The Balaban J connectivity index is 0.00000196. The van der Waals surface area contributed by atoms with Crippen molar-refractivity contribution < 1.29 is 4.92 Å². The molecule has 0 spiro atoms. The molecular formula is C10H15N2O2Sn+. The number of nitro groups is 1. The van der Waals surface area contributed by atoms with Crippen LogP contribution in [0.1, 0.15) is 5.56 Å². The fraction of sp³-hybridized carbons (Fsp3) is 0.400. The van der Waals surface area contributed by atoms with Gasteiger partial charge in [-0.25, -0.2) is 0 Å². The first-order valence-electron chi connectivity index (χ1n) is 4.39. The summed E-state index contributed by atoms with van der Waals surface area (Å²) in [5, 5.41) is 10.7. The molecule has 0 saturated carbocycles. The van der Waals surface area contributed by atoms with E-state index in [0.717, 1.165) is 5.69 Å². The third kappa shape index (κ3) is 3.46. The number of hydrogen-bond acceptors (Lipinski definition) is 2. The molecule has 4 nitrogen and oxygen atoms in total. The average molecular weight is 314 g/mol. The third-order valence-electron chi connectivity index (χ3n) is 2.16. The van der Waals surface area contributed by atoms with Crippen LogP contribution in [0.5, 0.6) is 0 Å². The number of benzene rings is 1. The second-order valence-corrected chi connectivity index (χ2v) is 4.24.